The maximum Gasteiger partial charge on any atom is 0.234 e. The summed E-state index contributed by atoms with van der Waals surface area (Å²) in [5, 5.41) is 9.96. The van der Waals surface area contributed by atoms with Gasteiger partial charge in [-0.05, 0) is 52.6 Å². The first kappa shape index (κ1) is 23.3. The van der Waals surface area contributed by atoms with Crippen molar-refractivity contribution in [2.24, 2.45) is 11.7 Å². The van der Waals surface area contributed by atoms with E-state index in [1.165, 1.54) is 0 Å². The fourth-order valence-corrected chi connectivity index (χ4v) is 3.23. The number of nitrogens with zero attached hydrogens (tertiary/aromatic N) is 1. The van der Waals surface area contributed by atoms with Gasteiger partial charge in [0.25, 0.3) is 0 Å². The fraction of sp³-hybridized carbons (Fsp3) is 0.947. The maximum absolute atomic E-state index is 12.2. The summed E-state index contributed by atoms with van der Waals surface area (Å²) < 4.78 is 5.09. The number of hydrogen-bond acceptors (Lipinski definition) is 6. The number of hydrogen-bond donors (Lipinski definition) is 4. The summed E-state index contributed by atoms with van der Waals surface area (Å²) in [5.41, 5.74) is 5.76. The molecule has 3 atom stereocenters. The molecule has 0 spiro atoms. The van der Waals surface area contributed by atoms with Gasteiger partial charge in [0.05, 0.1) is 6.54 Å². The molecule has 0 radical (unpaired) electrons. The van der Waals surface area contributed by atoms with Gasteiger partial charge >= 0.3 is 0 Å². The summed E-state index contributed by atoms with van der Waals surface area (Å²) in [6, 6.07) is 0.646. The Morgan fingerprint density at radius 1 is 1.38 bits per heavy atom. The lowest BCUT2D eigenvalue weighted by atomic mass is 10.1. The zero-order valence-corrected chi connectivity index (χ0v) is 17.4. The first-order valence-corrected chi connectivity index (χ1v) is 9.93. The van der Waals surface area contributed by atoms with E-state index in [-0.39, 0.29) is 17.5 Å². The SMILES string of the molecule is COCCCNC[C@@H]1C[C@@H](NC(=O)CNC(C)(C)C)CN1C[C@@H](C)CN. The zero-order valence-electron chi connectivity index (χ0n) is 17.4. The Labute approximate surface area is 159 Å². The average Bonchev–Trinajstić information content (AvgIpc) is 2.93. The third kappa shape index (κ3) is 9.83. The second-order valence-corrected chi connectivity index (χ2v) is 8.60. The fourth-order valence-electron chi connectivity index (χ4n) is 3.23. The highest BCUT2D eigenvalue weighted by Crippen LogP contribution is 2.19. The van der Waals surface area contributed by atoms with E-state index >= 15 is 0 Å². The van der Waals surface area contributed by atoms with Gasteiger partial charge < -0.3 is 26.4 Å². The lowest BCUT2D eigenvalue weighted by Crippen LogP contribution is -2.46. The highest BCUT2D eigenvalue weighted by Gasteiger charge is 2.33. The van der Waals surface area contributed by atoms with E-state index in [1.54, 1.807) is 7.11 Å². The van der Waals surface area contributed by atoms with E-state index < -0.39 is 0 Å². The van der Waals surface area contributed by atoms with Crippen LogP contribution in [-0.4, -0.2) is 81.4 Å². The van der Waals surface area contributed by atoms with Crippen LogP contribution in [0.15, 0.2) is 0 Å². The van der Waals surface area contributed by atoms with Crippen molar-refractivity contribution in [2.75, 3.05) is 53.0 Å². The third-order valence-electron chi connectivity index (χ3n) is 4.70. The van der Waals surface area contributed by atoms with Gasteiger partial charge in [-0.1, -0.05) is 6.92 Å². The van der Waals surface area contributed by atoms with E-state index in [9.17, 15) is 4.79 Å². The first-order chi connectivity index (χ1) is 12.2. The Bertz CT molecular complexity index is 400. The predicted octanol–water partition coefficient (Wildman–Crippen LogP) is 0.155. The van der Waals surface area contributed by atoms with E-state index in [0.29, 0.717) is 25.0 Å². The van der Waals surface area contributed by atoms with Crippen LogP contribution in [0.5, 0.6) is 0 Å². The largest absolute Gasteiger partial charge is 0.385 e. The summed E-state index contributed by atoms with van der Waals surface area (Å²) in [6.07, 6.45) is 2.00. The Hall–Kier alpha value is -0.730. The summed E-state index contributed by atoms with van der Waals surface area (Å²) in [5.74, 6) is 0.536. The first-order valence-electron chi connectivity index (χ1n) is 9.93. The second kappa shape index (κ2) is 11.9. The van der Waals surface area contributed by atoms with Crippen LogP contribution in [0.2, 0.25) is 0 Å². The number of carbonyl (C=O) groups is 1. The summed E-state index contributed by atoms with van der Waals surface area (Å²) in [6.45, 7) is 14.0. The van der Waals surface area contributed by atoms with Gasteiger partial charge in [-0.25, -0.2) is 0 Å². The smallest absolute Gasteiger partial charge is 0.234 e. The van der Waals surface area contributed by atoms with Crippen molar-refractivity contribution >= 4 is 5.91 Å². The molecular formula is C19H41N5O2. The third-order valence-corrected chi connectivity index (χ3v) is 4.70. The number of rotatable bonds is 12. The van der Waals surface area contributed by atoms with Crippen molar-refractivity contribution in [3.8, 4) is 0 Å². The molecule has 1 fully saturated rings. The van der Waals surface area contributed by atoms with Crippen LogP contribution in [0.1, 0.15) is 40.5 Å². The summed E-state index contributed by atoms with van der Waals surface area (Å²) in [7, 11) is 1.73. The minimum absolute atomic E-state index is 0.0513. The molecule has 7 heteroatoms. The molecule has 1 rings (SSSR count). The van der Waals surface area contributed by atoms with E-state index in [4.69, 9.17) is 10.5 Å². The van der Waals surface area contributed by atoms with Crippen molar-refractivity contribution in [3.63, 3.8) is 0 Å². The van der Waals surface area contributed by atoms with Gasteiger partial charge in [0.2, 0.25) is 5.91 Å². The molecule has 5 N–H and O–H groups in total. The van der Waals surface area contributed by atoms with Crippen LogP contribution in [0, 0.1) is 5.92 Å². The number of methoxy groups -OCH3 is 1. The Morgan fingerprint density at radius 2 is 2.12 bits per heavy atom. The van der Waals surface area contributed by atoms with Crippen molar-refractivity contribution in [2.45, 2.75) is 58.2 Å². The molecule has 1 saturated heterocycles. The molecule has 26 heavy (non-hydrogen) atoms. The Kier molecular flexibility index (Phi) is 10.6. The summed E-state index contributed by atoms with van der Waals surface area (Å²) >= 11 is 0. The molecule has 1 aliphatic heterocycles. The second-order valence-electron chi connectivity index (χ2n) is 8.60. The van der Waals surface area contributed by atoms with E-state index in [1.807, 2.05) is 0 Å². The minimum Gasteiger partial charge on any atom is -0.385 e. The molecule has 0 aromatic carbocycles. The lowest BCUT2D eigenvalue weighted by Gasteiger charge is -2.27. The standard InChI is InChI=1S/C19H41N5O2/c1-15(10-20)13-24-14-16(23-18(25)12-22-19(2,3)4)9-17(24)11-21-7-6-8-26-5/h15-17,21-22H,6-14,20H2,1-5H3,(H,23,25)/t15-,16+,17-/m0/s1. The highest BCUT2D eigenvalue weighted by molar-refractivity contribution is 5.78. The molecule has 0 aliphatic carbocycles. The van der Waals surface area contributed by atoms with Crippen LogP contribution in [0.3, 0.4) is 0 Å². The molecule has 1 aliphatic rings. The minimum atomic E-state index is -0.0513. The monoisotopic (exact) mass is 371 g/mol. The molecule has 0 unspecified atom stereocenters. The Balaban J connectivity index is 2.46. The van der Waals surface area contributed by atoms with Gasteiger partial charge in [-0.15, -0.1) is 0 Å². The number of ether oxygens (including phenoxy) is 1. The van der Waals surface area contributed by atoms with E-state index in [2.05, 4.69) is 48.5 Å². The molecule has 154 valence electrons. The Morgan fingerprint density at radius 3 is 2.73 bits per heavy atom. The van der Waals surface area contributed by atoms with Gasteiger partial charge in [0, 0.05) is 51.0 Å². The van der Waals surface area contributed by atoms with E-state index in [0.717, 1.165) is 45.6 Å². The molecule has 0 saturated carbocycles. The quantitative estimate of drug-likeness (QED) is 0.365. The predicted molar refractivity (Wildman–Crippen MR) is 107 cm³/mol. The van der Waals surface area contributed by atoms with Crippen molar-refractivity contribution in [1.82, 2.24) is 20.9 Å². The highest BCUT2D eigenvalue weighted by atomic mass is 16.5. The van der Waals surface area contributed by atoms with Crippen molar-refractivity contribution in [1.29, 1.82) is 0 Å². The normalized spacial score (nSPS) is 22.5. The van der Waals surface area contributed by atoms with Crippen LogP contribution < -0.4 is 21.7 Å². The van der Waals surface area contributed by atoms with Crippen molar-refractivity contribution < 1.29 is 9.53 Å². The molecule has 0 aromatic rings. The number of nitrogens with two attached hydrogens (primary N) is 1. The summed E-state index contributed by atoms with van der Waals surface area (Å²) in [4.78, 5) is 14.7. The topological polar surface area (TPSA) is 91.6 Å². The van der Waals surface area contributed by atoms with Crippen LogP contribution in [0.25, 0.3) is 0 Å². The van der Waals surface area contributed by atoms with Gasteiger partial charge in [-0.2, -0.15) is 0 Å². The van der Waals surface area contributed by atoms with Gasteiger partial charge in [-0.3, -0.25) is 9.69 Å². The lowest BCUT2D eigenvalue weighted by molar-refractivity contribution is -0.121. The molecule has 1 amide bonds. The number of nitrogens with one attached hydrogen (secondary N) is 3. The zero-order chi connectivity index (χ0) is 19.6. The van der Waals surface area contributed by atoms with Crippen LogP contribution in [0.4, 0.5) is 0 Å². The van der Waals surface area contributed by atoms with Gasteiger partial charge in [0.15, 0.2) is 0 Å². The van der Waals surface area contributed by atoms with Crippen LogP contribution >= 0.6 is 0 Å². The van der Waals surface area contributed by atoms with Crippen LogP contribution in [-0.2, 0) is 9.53 Å². The molecule has 0 aromatic heterocycles. The van der Waals surface area contributed by atoms with Crippen molar-refractivity contribution in [3.05, 3.63) is 0 Å². The maximum atomic E-state index is 12.2. The number of amides is 1. The number of likely N-dealkylation sites (tertiary alicyclic amines) is 1. The molecule has 7 nitrogen and oxygen atoms in total. The van der Waals surface area contributed by atoms with Gasteiger partial charge in [0.1, 0.15) is 0 Å². The average molecular weight is 372 g/mol. The molecular weight excluding hydrogens is 330 g/mol. The molecule has 1 heterocycles. The number of carbonyl (C=O) groups excluding carboxylic acids is 1. The molecule has 0 bridgehead atoms.